The summed E-state index contributed by atoms with van der Waals surface area (Å²) in [4.78, 5) is 0.218. The van der Waals surface area contributed by atoms with Crippen molar-refractivity contribution in [2.45, 2.75) is 11.8 Å². The lowest BCUT2D eigenvalue weighted by molar-refractivity contribution is -0.106. The fourth-order valence-electron chi connectivity index (χ4n) is 2.32. The molecule has 1 aliphatic rings. The van der Waals surface area contributed by atoms with Gasteiger partial charge in [0.1, 0.15) is 15.9 Å². The molecule has 6 nitrogen and oxygen atoms in total. The summed E-state index contributed by atoms with van der Waals surface area (Å²) < 4.78 is 40.1. The molecule has 2 aromatic rings. The number of sulfonamides is 1. The molecule has 0 N–H and O–H groups in total. The van der Waals surface area contributed by atoms with Crippen LogP contribution in [0.15, 0.2) is 23.1 Å². The summed E-state index contributed by atoms with van der Waals surface area (Å²) in [6.07, 6.45) is 0. The Morgan fingerprint density at radius 1 is 1.40 bits per heavy atom. The van der Waals surface area contributed by atoms with Crippen molar-refractivity contribution in [2.75, 3.05) is 26.8 Å². The van der Waals surface area contributed by atoms with Crippen LogP contribution in [0, 0.1) is 5.41 Å². The van der Waals surface area contributed by atoms with Crippen LogP contribution >= 0.6 is 11.7 Å². The van der Waals surface area contributed by atoms with Crippen molar-refractivity contribution in [1.29, 1.82) is 0 Å². The maximum absolute atomic E-state index is 12.7. The van der Waals surface area contributed by atoms with Gasteiger partial charge in [0, 0.05) is 19.0 Å². The second kappa shape index (κ2) is 4.73. The maximum atomic E-state index is 12.7. The molecule has 1 aromatic carbocycles. The van der Waals surface area contributed by atoms with Crippen LogP contribution in [0.2, 0.25) is 0 Å². The van der Waals surface area contributed by atoms with Crippen molar-refractivity contribution in [3.05, 3.63) is 18.2 Å². The first-order chi connectivity index (χ1) is 9.42. The number of ether oxygens (including phenoxy) is 1. The number of benzene rings is 1. The van der Waals surface area contributed by atoms with Crippen molar-refractivity contribution >= 4 is 32.8 Å². The number of nitrogens with zero attached hydrogens (tertiary/aromatic N) is 3. The highest BCUT2D eigenvalue weighted by Gasteiger charge is 2.38. The van der Waals surface area contributed by atoms with Crippen LogP contribution < -0.4 is 0 Å². The van der Waals surface area contributed by atoms with Crippen LogP contribution in [-0.4, -0.2) is 48.3 Å². The van der Waals surface area contributed by atoms with Gasteiger partial charge in [-0.1, -0.05) is 13.0 Å². The van der Waals surface area contributed by atoms with E-state index in [0.29, 0.717) is 30.8 Å². The van der Waals surface area contributed by atoms with Gasteiger partial charge in [-0.2, -0.15) is 8.75 Å². The van der Waals surface area contributed by atoms with Gasteiger partial charge in [-0.3, -0.25) is 0 Å². The van der Waals surface area contributed by atoms with Crippen molar-refractivity contribution in [1.82, 2.24) is 13.1 Å². The normalized spacial score (nSPS) is 18.4. The Kier molecular flexibility index (Phi) is 3.28. The third-order valence-corrected chi connectivity index (χ3v) is 5.82. The largest absolute Gasteiger partial charge is 0.380 e. The molecule has 0 atom stereocenters. The molecule has 0 amide bonds. The minimum Gasteiger partial charge on any atom is -0.380 e. The molecule has 1 saturated heterocycles. The standard InChI is InChI=1S/C12H15N3O3S2/c1-12(7-18-8-12)6-15(2)20(16,17)10-5-3-4-9-11(10)14-19-13-9/h3-5H,6-8H2,1-2H3. The second-order valence-corrected chi connectivity index (χ2v) is 7.99. The first-order valence-electron chi connectivity index (χ1n) is 6.18. The summed E-state index contributed by atoms with van der Waals surface area (Å²) >= 11 is 1.02. The van der Waals surface area contributed by atoms with Gasteiger partial charge in [0.15, 0.2) is 0 Å². The summed E-state index contributed by atoms with van der Waals surface area (Å²) in [5.74, 6) is 0. The molecule has 0 unspecified atom stereocenters. The van der Waals surface area contributed by atoms with E-state index in [2.05, 4.69) is 8.75 Å². The third-order valence-electron chi connectivity index (χ3n) is 3.44. The Hall–Kier alpha value is -1.09. The minimum absolute atomic E-state index is 0.101. The maximum Gasteiger partial charge on any atom is 0.245 e. The predicted molar refractivity (Wildman–Crippen MR) is 76.2 cm³/mol. The molecule has 0 saturated carbocycles. The topological polar surface area (TPSA) is 72.4 Å². The SMILES string of the molecule is CN(CC1(C)COC1)S(=O)(=O)c1cccc2nsnc12. The van der Waals surface area contributed by atoms with Gasteiger partial charge < -0.3 is 4.74 Å². The highest BCUT2D eigenvalue weighted by Crippen LogP contribution is 2.30. The van der Waals surface area contributed by atoms with Gasteiger partial charge in [0.2, 0.25) is 10.0 Å². The van der Waals surface area contributed by atoms with Gasteiger partial charge in [0.25, 0.3) is 0 Å². The molecule has 1 aliphatic heterocycles. The quantitative estimate of drug-likeness (QED) is 0.852. The highest BCUT2D eigenvalue weighted by atomic mass is 32.2. The van der Waals surface area contributed by atoms with Crippen molar-refractivity contribution < 1.29 is 13.2 Å². The monoisotopic (exact) mass is 313 g/mol. The molecule has 1 aromatic heterocycles. The number of hydrogen-bond acceptors (Lipinski definition) is 6. The van der Waals surface area contributed by atoms with Crippen LogP contribution in [0.4, 0.5) is 0 Å². The molecule has 0 spiro atoms. The lowest BCUT2D eigenvalue weighted by Gasteiger charge is -2.40. The minimum atomic E-state index is -3.56. The molecule has 2 heterocycles. The molecule has 0 radical (unpaired) electrons. The smallest absolute Gasteiger partial charge is 0.245 e. The van der Waals surface area contributed by atoms with E-state index in [0.717, 1.165) is 11.7 Å². The first kappa shape index (κ1) is 13.9. The molecule has 20 heavy (non-hydrogen) atoms. The third kappa shape index (κ3) is 2.22. The number of hydrogen-bond donors (Lipinski definition) is 0. The van der Waals surface area contributed by atoms with Crippen molar-refractivity contribution in [2.24, 2.45) is 5.41 Å². The first-order valence-corrected chi connectivity index (χ1v) is 8.35. The molecule has 1 fully saturated rings. The number of aromatic nitrogens is 2. The average molecular weight is 313 g/mol. The Bertz CT molecular complexity index is 737. The van der Waals surface area contributed by atoms with Crippen LogP contribution in [0.1, 0.15) is 6.92 Å². The number of fused-ring (bicyclic) bond motifs is 1. The van der Waals surface area contributed by atoms with Gasteiger partial charge in [-0.05, 0) is 12.1 Å². The van der Waals surface area contributed by atoms with E-state index >= 15 is 0 Å². The van der Waals surface area contributed by atoms with E-state index < -0.39 is 10.0 Å². The van der Waals surface area contributed by atoms with Gasteiger partial charge >= 0.3 is 0 Å². The Balaban J connectivity index is 1.96. The van der Waals surface area contributed by atoms with Gasteiger partial charge in [0.05, 0.1) is 24.9 Å². The van der Waals surface area contributed by atoms with E-state index in [1.54, 1.807) is 25.2 Å². The summed E-state index contributed by atoms with van der Waals surface area (Å²) in [6.45, 7) is 3.64. The molecule has 108 valence electrons. The molecular formula is C12H15N3O3S2. The van der Waals surface area contributed by atoms with E-state index in [1.807, 2.05) is 6.92 Å². The van der Waals surface area contributed by atoms with E-state index in [9.17, 15) is 8.42 Å². The Morgan fingerprint density at radius 3 is 2.80 bits per heavy atom. The molecule has 0 aliphatic carbocycles. The van der Waals surface area contributed by atoms with Crippen molar-refractivity contribution in [3.8, 4) is 0 Å². The van der Waals surface area contributed by atoms with Gasteiger partial charge in [-0.15, -0.1) is 0 Å². The molecule has 3 rings (SSSR count). The molecule has 0 bridgehead atoms. The number of rotatable bonds is 4. The lowest BCUT2D eigenvalue weighted by atomic mass is 9.89. The highest BCUT2D eigenvalue weighted by molar-refractivity contribution is 7.89. The Labute approximate surface area is 121 Å². The zero-order valence-corrected chi connectivity index (χ0v) is 12.9. The zero-order chi connectivity index (χ0) is 14.4. The van der Waals surface area contributed by atoms with E-state index in [-0.39, 0.29) is 10.3 Å². The van der Waals surface area contributed by atoms with Crippen LogP contribution in [0.3, 0.4) is 0 Å². The Morgan fingerprint density at radius 2 is 2.15 bits per heavy atom. The summed E-state index contributed by atoms with van der Waals surface area (Å²) in [5.41, 5.74) is 0.956. The van der Waals surface area contributed by atoms with Crippen LogP contribution in [0.25, 0.3) is 11.0 Å². The molecular weight excluding hydrogens is 298 g/mol. The van der Waals surface area contributed by atoms with Crippen LogP contribution in [-0.2, 0) is 14.8 Å². The fraction of sp³-hybridized carbons (Fsp3) is 0.500. The zero-order valence-electron chi connectivity index (χ0n) is 11.2. The predicted octanol–water partition coefficient (Wildman–Crippen LogP) is 1.35. The van der Waals surface area contributed by atoms with Gasteiger partial charge in [-0.25, -0.2) is 12.7 Å². The second-order valence-electron chi connectivity index (χ2n) is 5.45. The van der Waals surface area contributed by atoms with Crippen LogP contribution in [0.5, 0.6) is 0 Å². The summed E-state index contributed by atoms with van der Waals surface area (Å²) in [7, 11) is -1.97. The van der Waals surface area contributed by atoms with E-state index in [4.69, 9.17) is 4.74 Å². The van der Waals surface area contributed by atoms with Crippen molar-refractivity contribution in [3.63, 3.8) is 0 Å². The van der Waals surface area contributed by atoms with E-state index in [1.165, 1.54) is 4.31 Å². The summed E-state index contributed by atoms with van der Waals surface area (Å²) in [5, 5.41) is 0. The summed E-state index contributed by atoms with van der Waals surface area (Å²) in [6, 6.07) is 5.03. The lowest BCUT2D eigenvalue weighted by Crippen LogP contribution is -2.49. The average Bonchev–Trinajstić information content (AvgIpc) is 2.84. The fourth-order valence-corrected chi connectivity index (χ4v) is 4.39. The molecule has 8 heteroatoms.